The van der Waals surface area contributed by atoms with E-state index in [1.54, 1.807) is 6.08 Å². The monoisotopic (exact) mass is 738 g/mol. The first kappa shape index (κ1) is 35.0. The molecule has 0 spiro atoms. The molecule has 6 heteroatoms. The average Bonchev–Trinajstić information content (AvgIpc) is 3.28. The quantitative estimate of drug-likeness (QED) is 0.158. The molecule has 6 aromatic carbocycles. The number of ether oxygens (including phenoxy) is 2. The Kier molecular flexibility index (Phi) is 9.57. The minimum Gasteiger partial charge on any atom is -0.453 e. The summed E-state index contributed by atoms with van der Waals surface area (Å²) in [5, 5.41) is 0. The summed E-state index contributed by atoms with van der Waals surface area (Å²) in [4.78, 5) is 13.6. The zero-order valence-electron chi connectivity index (χ0n) is 31.4. The Morgan fingerprint density at radius 2 is 0.789 bits per heavy atom. The first-order valence-electron chi connectivity index (χ1n) is 18.9. The molecule has 4 heterocycles. The van der Waals surface area contributed by atoms with Crippen LogP contribution in [0.15, 0.2) is 207 Å². The van der Waals surface area contributed by atoms with Gasteiger partial charge in [-0.2, -0.15) is 0 Å². The molecule has 8 aromatic rings. The van der Waals surface area contributed by atoms with E-state index in [9.17, 15) is 0 Å². The number of allylic oxidation sites excluding steroid dienone is 3. The summed E-state index contributed by atoms with van der Waals surface area (Å²) in [5.74, 6) is 3.32. The maximum Gasteiger partial charge on any atom is 0.151 e. The first-order valence-corrected chi connectivity index (χ1v) is 18.9. The van der Waals surface area contributed by atoms with E-state index in [0.717, 1.165) is 90.5 Å². The van der Waals surface area contributed by atoms with Crippen molar-refractivity contribution in [3.63, 3.8) is 0 Å². The molecule has 6 nitrogen and oxygen atoms in total. The van der Waals surface area contributed by atoms with Crippen LogP contribution in [-0.4, -0.2) is 9.97 Å². The predicted octanol–water partition coefficient (Wildman–Crippen LogP) is 14.4. The standard InChI is InChI=1S/C46H30N4O2.C5H8/c1-5-13-43-39(9-1)49(40-10-2-6-14-44(40)51-43)33-21-17-31(18-22-33)37-29-47-27-25-35(37)36-26-28-48-30-38(36)32-19-23-34(24-20-32)50-41-11-3-7-15-45(41)52-46-16-8-4-12-42(46)50;1-3-5-4-2/h1-30H;3-5H,1H2,2H3/b;5-4-. The zero-order chi connectivity index (χ0) is 38.6. The van der Waals surface area contributed by atoms with Gasteiger partial charge in [-0.1, -0.05) is 97.6 Å². The maximum atomic E-state index is 6.24. The third kappa shape index (κ3) is 6.70. The van der Waals surface area contributed by atoms with Gasteiger partial charge in [0, 0.05) is 47.3 Å². The van der Waals surface area contributed by atoms with Crippen molar-refractivity contribution in [2.45, 2.75) is 6.92 Å². The smallest absolute Gasteiger partial charge is 0.151 e. The minimum absolute atomic E-state index is 0.831. The van der Waals surface area contributed by atoms with Crippen molar-refractivity contribution in [1.82, 2.24) is 9.97 Å². The molecule has 0 saturated carbocycles. The lowest BCUT2D eigenvalue weighted by atomic mass is 9.91. The van der Waals surface area contributed by atoms with Crippen LogP contribution in [0, 0.1) is 0 Å². The van der Waals surface area contributed by atoms with Gasteiger partial charge in [-0.25, -0.2) is 0 Å². The van der Waals surface area contributed by atoms with Crippen LogP contribution in [-0.2, 0) is 0 Å². The number of aromatic nitrogens is 2. The van der Waals surface area contributed by atoms with Crippen LogP contribution in [0.1, 0.15) is 6.92 Å². The van der Waals surface area contributed by atoms with Gasteiger partial charge in [-0.05, 0) is 114 Å². The molecule has 0 radical (unpaired) electrons. The third-order valence-corrected chi connectivity index (χ3v) is 10.00. The fourth-order valence-electron chi connectivity index (χ4n) is 7.40. The van der Waals surface area contributed by atoms with Crippen LogP contribution in [0.4, 0.5) is 34.1 Å². The molecule has 0 atom stereocenters. The first-order chi connectivity index (χ1) is 28.2. The molecule has 10 rings (SSSR count). The highest BCUT2D eigenvalue weighted by Gasteiger charge is 2.27. The molecule has 0 amide bonds. The Morgan fingerprint density at radius 1 is 0.439 bits per heavy atom. The van der Waals surface area contributed by atoms with Crippen molar-refractivity contribution >= 4 is 34.1 Å². The number of nitrogens with zero attached hydrogens (tertiary/aromatic N) is 4. The lowest BCUT2D eigenvalue weighted by Crippen LogP contribution is -2.15. The fraction of sp³-hybridized carbons (Fsp3) is 0.0196. The molecule has 0 fully saturated rings. The summed E-state index contributed by atoms with van der Waals surface area (Å²) in [6.07, 6.45) is 13.2. The van der Waals surface area contributed by atoms with Crippen LogP contribution in [0.25, 0.3) is 33.4 Å². The number of hydrogen-bond acceptors (Lipinski definition) is 6. The van der Waals surface area contributed by atoms with E-state index in [1.165, 1.54) is 0 Å². The summed E-state index contributed by atoms with van der Waals surface area (Å²) >= 11 is 0. The topological polar surface area (TPSA) is 50.7 Å². The Balaban J connectivity index is 0.000000798. The molecule has 2 aromatic heterocycles. The molecule has 0 saturated heterocycles. The zero-order valence-corrected chi connectivity index (χ0v) is 31.4. The Hall–Kier alpha value is -7.70. The Labute approximate surface area is 332 Å². The van der Waals surface area contributed by atoms with E-state index < -0.39 is 0 Å². The van der Waals surface area contributed by atoms with Gasteiger partial charge in [0.1, 0.15) is 0 Å². The number of pyridine rings is 2. The van der Waals surface area contributed by atoms with Crippen LogP contribution in [0.2, 0.25) is 0 Å². The van der Waals surface area contributed by atoms with E-state index in [2.05, 4.69) is 111 Å². The maximum absolute atomic E-state index is 6.24. The molecule has 2 aliphatic heterocycles. The fourth-order valence-corrected chi connectivity index (χ4v) is 7.40. The summed E-state index contributed by atoms with van der Waals surface area (Å²) < 4.78 is 12.5. The molecule has 0 bridgehead atoms. The molecule has 0 unspecified atom stereocenters. The summed E-state index contributed by atoms with van der Waals surface area (Å²) in [6, 6.07) is 54.1. The number of anilines is 6. The number of rotatable bonds is 6. The van der Waals surface area contributed by atoms with Crippen molar-refractivity contribution in [1.29, 1.82) is 0 Å². The van der Waals surface area contributed by atoms with Crippen molar-refractivity contribution in [3.05, 3.63) is 207 Å². The van der Waals surface area contributed by atoms with Gasteiger partial charge >= 0.3 is 0 Å². The van der Waals surface area contributed by atoms with Gasteiger partial charge in [0.25, 0.3) is 0 Å². The van der Waals surface area contributed by atoms with Crippen molar-refractivity contribution < 1.29 is 9.47 Å². The second-order valence-electron chi connectivity index (χ2n) is 13.4. The largest absolute Gasteiger partial charge is 0.453 e. The second-order valence-corrected chi connectivity index (χ2v) is 13.4. The van der Waals surface area contributed by atoms with Gasteiger partial charge in [-0.3, -0.25) is 9.97 Å². The van der Waals surface area contributed by atoms with Crippen molar-refractivity contribution in [3.8, 4) is 56.4 Å². The van der Waals surface area contributed by atoms with E-state index >= 15 is 0 Å². The summed E-state index contributed by atoms with van der Waals surface area (Å²) in [5.41, 5.74) is 12.5. The minimum atomic E-state index is 0.831. The molecule has 274 valence electrons. The lowest BCUT2D eigenvalue weighted by Gasteiger charge is -2.32. The third-order valence-electron chi connectivity index (χ3n) is 10.00. The highest BCUT2D eigenvalue weighted by molar-refractivity contribution is 5.93. The SMILES string of the molecule is C=C/C=C\C.c1ccc2c(c1)Oc1ccccc1N2c1ccc(-c2cnccc2-c2ccncc2-c2ccc(N3c4ccccc4Oc4ccccc43)cc2)cc1. The molecule has 2 aliphatic rings. The van der Waals surface area contributed by atoms with E-state index in [4.69, 9.17) is 9.47 Å². The Bertz CT molecular complexity index is 2470. The second kappa shape index (κ2) is 15.6. The number of benzene rings is 6. The van der Waals surface area contributed by atoms with Gasteiger partial charge in [0.15, 0.2) is 23.0 Å². The van der Waals surface area contributed by atoms with E-state index in [0.29, 0.717) is 0 Å². The molecule has 57 heavy (non-hydrogen) atoms. The molecular weight excluding hydrogens is 701 g/mol. The van der Waals surface area contributed by atoms with Crippen molar-refractivity contribution in [2.24, 2.45) is 0 Å². The van der Waals surface area contributed by atoms with Gasteiger partial charge in [0.05, 0.1) is 22.7 Å². The van der Waals surface area contributed by atoms with Crippen LogP contribution >= 0.6 is 0 Å². The molecule has 0 N–H and O–H groups in total. The average molecular weight is 739 g/mol. The lowest BCUT2D eigenvalue weighted by molar-refractivity contribution is 0.477. The van der Waals surface area contributed by atoms with E-state index in [1.807, 2.05) is 117 Å². The summed E-state index contributed by atoms with van der Waals surface area (Å²) in [6.45, 7) is 5.42. The van der Waals surface area contributed by atoms with Crippen LogP contribution in [0.3, 0.4) is 0 Å². The van der Waals surface area contributed by atoms with Gasteiger partial charge < -0.3 is 19.3 Å². The van der Waals surface area contributed by atoms with E-state index in [-0.39, 0.29) is 0 Å². The van der Waals surface area contributed by atoms with Crippen LogP contribution in [0.5, 0.6) is 23.0 Å². The predicted molar refractivity (Wildman–Crippen MR) is 233 cm³/mol. The van der Waals surface area contributed by atoms with Crippen LogP contribution < -0.4 is 19.3 Å². The number of hydrogen-bond donors (Lipinski definition) is 0. The van der Waals surface area contributed by atoms with Gasteiger partial charge in [-0.15, -0.1) is 0 Å². The van der Waals surface area contributed by atoms with Crippen molar-refractivity contribution in [2.75, 3.05) is 9.80 Å². The summed E-state index contributed by atoms with van der Waals surface area (Å²) in [7, 11) is 0. The van der Waals surface area contributed by atoms with Gasteiger partial charge in [0.2, 0.25) is 0 Å². The molecule has 0 aliphatic carbocycles. The Morgan fingerprint density at radius 3 is 1.11 bits per heavy atom. The highest BCUT2D eigenvalue weighted by atomic mass is 16.5. The number of fused-ring (bicyclic) bond motifs is 4. The number of para-hydroxylation sites is 8. The molecular formula is C51H38N4O2. The normalized spacial score (nSPS) is 12.2. The highest BCUT2D eigenvalue weighted by Crippen LogP contribution is 2.52.